The summed E-state index contributed by atoms with van der Waals surface area (Å²) >= 11 is 1.53. The molecule has 2 fully saturated rings. The Morgan fingerprint density at radius 3 is 2.96 bits per heavy atom. The van der Waals surface area contributed by atoms with E-state index in [4.69, 9.17) is 10.5 Å². The summed E-state index contributed by atoms with van der Waals surface area (Å²) in [5.41, 5.74) is 6.30. The molecule has 3 N–H and O–H groups in total. The highest BCUT2D eigenvalue weighted by Crippen LogP contribution is 2.61. The summed E-state index contributed by atoms with van der Waals surface area (Å²) in [6.45, 7) is -0.212. The first-order valence-corrected chi connectivity index (χ1v) is 8.80. The number of carbonyl (C=O) groups excluding carboxylic acids is 1. The van der Waals surface area contributed by atoms with Crippen molar-refractivity contribution in [1.82, 2.24) is 15.2 Å². The third-order valence-corrected chi connectivity index (χ3v) is 6.10. The van der Waals surface area contributed by atoms with Crippen molar-refractivity contribution in [3.8, 4) is 0 Å². The quantitative estimate of drug-likeness (QED) is 0.785. The number of thioether (sulfide) groups is 1. The number of benzene rings is 1. The molecule has 0 spiro atoms. The minimum atomic E-state index is -0.723. The fourth-order valence-electron chi connectivity index (χ4n) is 3.69. The molecule has 1 heterocycles. The molecule has 0 amide bonds. The van der Waals surface area contributed by atoms with Gasteiger partial charge in [0.1, 0.15) is 24.6 Å². The van der Waals surface area contributed by atoms with Crippen LogP contribution in [0.15, 0.2) is 29.7 Å². The second-order valence-electron chi connectivity index (χ2n) is 6.37. The molecule has 0 bridgehead atoms. The largest absolute Gasteiger partial charge is 0.460 e. The lowest BCUT2D eigenvalue weighted by Crippen LogP contribution is -2.26. The van der Waals surface area contributed by atoms with Crippen molar-refractivity contribution in [2.45, 2.75) is 29.5 Å². The van der Waals surface area contributed by atoms with Crippen LogP contribution in [0.2, 0.25) is 0 Å². The molecule has 0 aliphatic heterocycles. The van der Waals surface area contributed by atoms with Crippen molar-refractivity contribution >= 4 is 17.7 Å². The van der Waals surface area contributed by atoms with E-state index in [-0.39, 0.29) is 47.2 Å². The SMILES string of the molecule is NC1CC(Sc2ncn[nH]2)C2C(C(=O)OCc3ccc(F)cc3F)C12. The first kappa shape index (κ1) is 16.5. The van der Waals surface area contributed by atoms with Crippen LogP contribution >= 0.6 is 11.8 Å². The molecular formula is C16H16F2N4O2S. The number of rotatable bonds is 5. The minimum absolute atomic E-state index is 0.0643. The standard InChI is InChI=1S/C16H16F2N4O2S/c17-8-2-1-7(9(18)3-8)5-24-15(23)14-12-10(19)4-11(13(12)14)25-16-20-6-21-22-16/h1-3,6,10-14H,4-5,19H2,(H,20,21,22). The van der Waals surface area contributed by atoms with Crippen LogP contribution in [0.3, 0.4) is 0 Å². The van der Waals surface area contributed by atoms with Crippen LogP contribution < -0.4 is 5.73 Å². The number of aromatic nitrogens is 3. The summed E-state index contributed by atoms with van der Waals surface area (Å²) in [5, 5.41) is 7.48. The maximum Gasteiger partial charge on any atom is 0.309 e. The molecule has 1 aromatic carbocycles. The summed E-state index contributed by atoms with van der Waals surface area (Å²) in [6.07, 6.45) is 2.24. The molecule has 2 aliphatic carbocycles. The Kier molecular flexibility index (Phi) is 4.20. The van der Waals surface area contributed by atoms with E-state index in [1.165, 1.54) is 24.2 Å². The number of hydrogen-bond donors (Lipinski definition) is 2. The number of aromatic amines is 1. The number of esters is 1. The van der Waals surface area contributed by atoms with Gasteiger partial charge in [-0.2, -0.15) is 5.10 Å². The normalized spacial score (nSPS) is 30.1. The van der Waals surface area contributed by atoms with Gasteiger partial charge < -0.3 is 10.5 Å². The molecule has 2 aromatic rings. The van der Waals surface area contributed by atoms with Crippen molar-refractivity contribution in [3.63, 3.8) is 0 Å². The summed E-state index contributed by atoms with van der Waals surface area (Å²) in [7, 11) is 0. The monoisotopic (exact) mass is 366 g/mol. The predicted molar refractivity (Wildman–Crippen MR) is 85.2 cm³/mol. The molecule has 6 nitrogen and oxygen atoms in total. The van der Waals surface area contributed by atoms with Crippen LogP contribution in [0.1, 0.15) is 12.0 Å². The van der Waals surface area contributed by atoms with Gasteiger partial charge in [-0.1, -0.05) is 11.8 Å². The number of carbonyl (C=O) groups is 1. The number of nitrogens with one attached hydrogen (secondary N) is 1. The Labute approximate surface area is 146 Å². The maximum absolute atomic E-state index is 13.6. The van der Waals surface area contributed by atoms with Gasteiger partial charge in [0, 0.05) is 22.9 Å². The number of hydrogen-bond acceptors (Lipinski definition) is 6. The van der Waals surface area contributed by atoms with Crippen molar-refractivity contribution in [1.29, 1.82) is 0 Å². The molecule has 25 heavy (non-hydrogen) atoms. The lowest BCUT2D eigenvalue weighted by atomic mass is 10.1. The van der Waals surface area contributed by atoms with E-state index >= 15 is 0 Å². The fourth-order valence-corrected chi connectivity index (χ4v) is 5.02. The predicted octanol–water partition coefficient (Wildman–Crippen LogP) is 1.88. The highest BCUT2D eigenvalue weighted by molar-refractivity contribution is 7.99. The molecule has 0 saturated heterocycles. The van der Waals surface area contributed by atoms with Crippen molar-refractivity contribution in [3.05, 3.63) is 41.7 Å². The number of nitrogens with zero attached hydrogens (tertiary/aromatic N) is 2. The summed E-state index contributed by atoms with van der Waals surface area (Å²) in [6, 6.07) is 3.12. The Morgan fingerprint density at radius 2 is 2.24 bits per heavy atom. The number of fused-ring (bicyclic) bond motifs is 1. The zero-order valence-corrected chi connectivity index (χ0v) is 13.9. The highest BCUT2D eigenvalue weighted by atomic mass is 32.2. The van der Waals surface area contributed by atoms with E-state index in [9.17, 15) is 13.6 Å². The summed E-state index contributed by atoms with van der Waals surface area (Å²) in [4.78, 5) is 16.4. The van der Waals surface area contributed by atoms with Gasteiger partial charge in [-0.3, -0.25) is 9.89 Å². The van der Waals surface area contributed by atoms with E-state index in [2.05, 4.69) is 15.2 Å². The molecule has 2 saturated carbocycles. The zero-order valence-electron chi connectivity index (χ0n) is 13.1. The second kappa shape index (κ2) is 6.38. The van der Waals surface area contributed by atoms with E-state index in [1.54, 1.807) is 0 Å². The summed E-state index contributed by atoms with van der Waals surface area (Å²) < 4.78 is 31.8. The topological polar surface area (TPSA) is 93.9 Å². The van der Waals surface area contributed by atoms with Crippen LogP contribution in [0.25, 0.3) is 0 Å². The molecule has 2 aliphatic rings. The molecule has 5 unspecified atom stereocenters. The van der Waals surface area contributed by atoms with E-state index < -0.39 is 11.6 Å². The van der Waals surface area contributed by atoms with E-state index in [0.29, 0.717) is 5.16 Å². The second-order valence-corrected chi connectivity index (χ2v) is 7.60. The van der Waals surface area contributed by atoms with Gasteiger partial charge in [-0.25, -0.2) is 13.8 Å². The Hall–Kier alpha value is -2.00. The van der Waals surface area contributed by atoms with Gasteiger partial charge in [-0.15, -0.1) is 0 Å². The molecule has 4 rings (SSSR count). The van der Waals surface area contributed by atoms with Gasteiger partial charge in [0.05, 0.1) is 5.92 Å². The highest BCUT2D eigenvalue weighted by Gasteiger charge is 2.66. The smallest absolute Gasteiger partial charge is 0.309 e. The van der Waals surface area contributed by atoms with Crippen LogP contribution in [-0.2, 0) is 16.1 Å². The number of halogens is 2. The van der Waals surface area contributed by atoms with Gasteiger partial charge in [-0.05, 0) is 30.4 Å². The first-order chi connectivity index (χ1) is 12.0. The zero-order chi connectivity index (χ0) is 17.6. The average molecular weight is 366 g/mol. The van der Waals surface area contributed by atoms with Gasteiger partial charge in [0.25, 0.3) is 0 Å². The lowest BCUT2D eigenvalue weighted by molar-refractivity contribution is -0.147. The number of ether oxygens (including phenoxy) is 1. The van der Waals surface area contributed by atoms with Crippen LogP contribution in [-0.4, -0.2) is 32.4 Å². The molecule has 0 radical (unpaired) electrons. The Balaban J connectivity index is 1.37. The van der Waals surface area contributed by atoms with Crippen molar-refractivity contribution in [2.24, 2.45) is 23.5 Å². The molecule has 5 atom stereocenters. The first-order valence-electron chi connectivity index (χ1n) is 7.93. The van der Waals surface area contributed by atoms with Crippen LogP contribution in [0.5, 0.6) is 0 Å². The Bertz CT molecular complexity index is 788. The van der Waals surface area contributed by atoms with Gasteiger partial charge in [0.15, 0.2) is 5.16 Å². The third kappa shape index (κ3) is 3.13. The number of nitrogens with two attached hydrogens (primary N) is 1. The van der Waals surface area contributed by atoms with Gasteiger partial charge in [0.2, 0.25) is 0 Å². The number of H-pyrrole nitrogens is 1. The molecular weight excluding hydrogens is 350 g/mol. The Morgan fingerprint density at radius 1 is 1.40 bits per heavy atom. The van der Waals surface area contributed by atoms with Crippen LogP contribution in [0, 0.1) is 29.4 Å². The fraction of sp³-hybridized carbons (Fsp3) is 0.438. The average Bonchev–Trinajstić information content (AvgIpc) is 2.96. The lowest BCUT2D eigenvalue weighted by Gasteiger charge is -2.15. The van der Waals surface area contributed by atoms with E-state index in [0.717, 1.165) is 18.6 Å². The van der Waals surface area contributed by atoms with Gasteiger partial charge >= 0.3 is 5.97 Å². The van der Waals surface area contributed by atoms with Crippen molar-refractivity contribution in [2.75, 3.05) is 0 Å². The molecule has 9 heteroatoms. The minimum Gasteiger partial charge on any atom is -0.460 e. The van der Waals surface area contributed by atoms with E-state index in [1.807, 2.05) is 0 Å². The van der Waals surface area contributed by atoms with Crippen molar-refractivity contribution < 1.29 is 18.3 Å². The molecule has 132 valence electrons. The summed E-state index contributed by atoms with van der Waals surface area (Å²) in [5.74, 6) is -1.81. The van der Waals surface area contributed by atoms with Crippen LogP contribution in [0.4, 0.5) is 8.78 Å². The maximum atomic E-state index is 13.6. The molecule has 1 aromatic heterocycles. The third-order valence-electron chi connectivity index (χ3n) is 4.87.